The maximum absolute atomic E-state index is 12.5. The monoisotopic (exact) mass is 386 g/mol. The average molecular weight is 387 g/mol. The minimum absolute atomic E-state index is 0.122. The maximum atomic E-state index is 12.5. The number of alkyl carbamates (subject to hydrolysis) is 1. The van der Waals surface area contributed by atoms with Gasteiger partial charge in [0.05, 0.1) is 6.04 Å². The van der Waals surface area contributed by atoms with Crippen LogP contribution in [0.3, 0.4) is 0 Å². The molecule has 0 heterocycles. The highest BCUT2D eigenvalue weighted by Crippen LogP contribution is 2.38. The molecule has 4 nitrogen and oxygen atoms in total. The first-order chi connectivity index (χ1) is 12.9. The summed E-state index contributed by atoms with van der Waals surface area (Å²) in [5.41, 5.74) is 8.13. The van der Waals surface area contributed by atoms with Crippen LogP contribution < -0.4 is 11.1 Å². The second-order valence-corrected chi connectivity index (χ2v) is 8.17. The molecule has 27 heavy (non-hydrogen) atoms. The zero-order valence-electron chi connectivity index (χ0n) is 15.7. The van der Waals surface area contributed by atoms with Crippen molar-refractivity contribution >= 4 is 17.7 Å². The largest absolute Gasteiger partial charge is 0.445 e. The molecule has 0 radical (unpaired) electrons. The number of carbonyl (C=O) groups is 1. The Kier molecular flexibility index (Phi) is 6.40. The molecule has 1 atom stereocenters. The van der Waals surface area contributed by atoms with Crippen LogP contribution in [0.1, 0.15) is 49.8 Å². The zero-order chi connectivity index (χ0) is 19.3. The molecule has 1 fully saturated rings. The fraction of sp³-hybridized carbons (Fsp3) is 0.409. The van der Waals surface area contributed by atoms with Gasteiger partial charge in [-0.2, -0.15) is 0 Å². The number of benzene rings is 2. The Morgan fingerprint density at radius 3 is 2.59 bits per heavy atom. The highest BCUT2D eigenvalue weighted by Gasteiger charge is 2.33. The molecule has 1 aliphatic rings. The van der Waals surface area contributed by atoms with Crippen LogP contribution >= 0.6 is 11.6 Å². The molecule has 1 amide bonds. The van der Waals surface area contributed by atoms with Gasteiger partial charge < -0.3 is 15.8 Å². The van der Waals surface area contributed by atoms with Crippen molar-refractivity contribution in [3.05, 3.63) is 70.7 Å². The molecule has 0 aliphatic heterocycles. The van der Waals surface area contributed by atoms with E-state index in [9.17, 15) is 4.79 Å². The maximum Gasteiger partial charge on any atom is 0.407 e. The Bertz CT molecular complexity index is 754. The van der Waals surface area contributed by atoms with Gasteiger partial charge in [-0.1, -0.05) is 54.1 Å². The van der Waals surface area contributed by atoms with Gasteiger partial charge in [0.25, 0.3) is 0 Å². The van der Waals surface area contributed by atoms with Gasteiger partial charge in [0.1, 0.15) is 6.61 Å². The fourth-order valence-electron chi connectivity index (χ4n) is 3.70. The SMILES string of the molecule is CC1(N)CCC(C(NC(=O)OCc2ccccc2)c2cccc(Cl)c2)CC1. The average Bonchev–Trinajstić information content (AvgIpc) is 2.66. The van der Waals surface area contributed by atoms with E-state index in [0.29, 0.717) is 10.9 Å². The van der Waals surface area contributed by atoms with Crippen LogP contribution in [0, 0.1) is 5.92 Å². The normalized spacial score (nSPS) is 23.4. The van der Waals surface area contributed by atoms with E-state index in [1.165, 1.54) is 0 Å². The Morgan fingerprint density at radius 2 is 1.93 bits per heavy atom. The molecule has 2 aromatic carbocycles. The summed E-state index contributed by atoms with van der Waals surface area (Å²) in [6.45, 7) is 2.35. The molecule has 0 spiro atoms. The summed E-state index contributed by atoms with van der Waals surface area (Å²) in [6, 6.07) is 17.2. The van der Waals surface area contributed by atoms with Crippen molar-refractivity contribution in [2.45, 2.75) is 50.8 Å². The first-order valence-electron chi connectivity index (χ1n) is 9.44. The van der Waals surface area contributed by atoms with Crippen molar-refractivity contribution in [2.24, 2.45) is 11.7 Å². The van der Waals surface area contributed by atoms with E-state index in [1.54, 1.807) is 0 Å². The number of ether oxygens (including phenoxy) is 1. The molecule has 2 aromatic rings. The molecule has 1 unspecified atom stereocenters. The van der Waals surface area contributed by atoms with Gasteiger partial charge in [-0.25, -0.2) is 4.79 Å². The molecule has 144 valence electrons. The Labute approximate surface area is 166 Å². The number of halogens is 1. The van der Waals surface area contributed by atoms with Crippen LogP contribution in [0.4, 0.5) is 4.79 Å². The lowest BCUT2D eigenvalue weighted by Crippen LogP contribution is -2.43. The second-order valence-electron chi connectivity index (χ2n) is 7.73. The summed E-state index contributed by atoms with van der Waals surface area (Å²) in [4.78, 5) is 12.5. The minimum atomic E-state index is -0.412. The first-order valence-corrected chi connectivity index (χ1v) is 9.82. The highest BCUT2D eigenvalue weighted by atomic mass is 35.5. The summed E-state index contributed by atoms with van der Waals surface area (Å²) >= 11 is 6.19. The van der Waals surface area contributed by atoms with Crippen molar-refractivity contribution in [1.82, 2.24) is 5.32 Å². The van der Waals surface area contributed by atoms with Gasteiger partial charge in [-0.15, -0.1) is 0 Å². The minimum Gasteiger partial charge on any atom is -0.445 e. The van der Waals surface area contributed by atoms with Crippen LogP contribution in [0.5, 0.6) is 0 Å². The summed E-state index contributed by atoms with van der Waals surface area (Å²) in [7, 11) is 0. The fourth-order valence-corrected chi connectivity index (χ4v) is 3.90. The van der Waals surface area contributed by atoms with E-state index in [2.05, 4.69) is 12.2 Å². The van der Waals surface area contributed by atoms with Crippen molar-refractivity contribution < 1.29 is 9.53 Å². The zero-order valence-corrected chi connectivity index (χ0v) is 16.4. The van der Waals surface area contributed by atoms with E-state index >= 15 is 0 Å². The molecule has 3 N–H and O–H groups in total. The molecule has 0 aromatic heterocycles. The molecule has 0 bridgehead atoms. The molecule has 1 aliphatic carbocycles. The lowest BCUT2D eigenvalue weighted by molar-refractivity contribution is 0.125. The molecular weight excluding hydrogens is 360 g/mol. The second kappa shape index (κ2) is 8.77. The Morgan fingerprint density at radius 1 is 1.22 bits per heavy atom. The number of rotatable bonds is 5. The standard InChI is InChI=1S/C22H27ClN2O2/c1-22(24)12-10-17(11-13-22)20(18-8-5-9-19(23)14-18)25-21(26)27-15-16-6-3-2-4-7-16/h2-9,14,17,20H,10-13,15,24H2,1H3,(H,25,26). The van der Waals surface area contributed by atoms with Crippen LogP contribution in [-0.2, 0) is 11.3 Å². The van der Waals surface area contributed by atoms with Gasteiger partial charge in [-0.3, -0.25) is 0 Å². The predicted molar refractivity (Wildman–Crippen MR) is 109 cm³/mol. The van der Waals surface area contributed by atoms with E-state index in [-0.39, 0.29) is 18.2 Å². The number of nitrogens with two attached hydrogens (primary N) is 1. The predicted octanol–water partition coefficient (Wildman–Crippen LogP) is 5.22. The topological polar surface area (TPSA) is 64.3 Å². The first kappa shape index (κ1) is 19.7. The Balaban J connectivity index is 1.69. The summed E-state index contributed by atoms with van der Waals surface area (Å²) in [5.74, 6) is 0.310. The Hall–Kier alpha value is -2.04. The third kappa shape index (κ3) is 5.72. The molecule has 1 saturated carbocycles. The van der Waals surface area contributed by atoms with Gasteiger partial charge >= 0.3 is 6.09 Å². The smallest absolute Gasteiger partial charge is 0.407 e. The highest BCUT2D eigenvalue weighted by molar-refractivity contribution is 6.30. The molecular formula is C22H27ClN2O2. The van der Waals surface area contributed by atoms with Crippen LogP contribution in [-0.4, -0.2) is 11.6 Å². The van der Waals surface area contributed by atoms with E-state index < -0.39 is 6.09 Å². The lowest BCUT2D eigenvalue weighted by atomic mass is 9.74. The molecule has 0 saturated heterocycles. The summed E-state index contributed by atoms with van der Waals surface area (Å²) < 4.78 is 5.43. The van der Waals surface area contributed by atoms with Gasteiger partial charge in [0.2, 0.25) is 0 Å². The summed E-state index contributed by atoms with van der Waals surface area (Å²) in [6.07, 6.45) is 3.39. The van der Waals surface area contributed by atoms with E-state index in [4.69, 9.17) is 22.1 Å². The quantitative estimate of drug-likeness (QED) is 0.740. The van der Waals surface area contributed by atoms with Crippen LogP contribution in [0.25, 0.3) is 0 Å². The van der Waals surface area contributed by atoms with Gasteiger partial charge in [0, 0.05) is 10.6 Å². The number of amides is 1. The van der Waals surface area contributed by atoms with E-state index in [1.807, 2.05) is 54.6 Å². The van der Waals surface area contributed by atoms with Gasteiger partial charge in [0.15, 0.2) is 0 Å². The lowest BCUT2D eigenvalue weighted by Gasteiger charge is -2.38. The van der Waals surface area contributed by atoms with E-state index in [0.717, 1.165) is 36.8 Å². The van der Waals surface area contributed by atoms with Crippen LogP contribution in [0.15, 0.2) is 54.6 Å². The van der Waals surface area contributed by atoms with Crippen molar-refractivity contribution in [3.8, 4) is 0 Å². The number of hydrogen-bond donors (Lipinski definition) is 2. The van der Waals surface area contributed by atoms with Crippen LogP contribution in [0.2, 0.25) is 5.02 Å². The number of nitrogens with one attached hydrogen (secondary N) is 1. The third-order valence-corrected chi connectivity index (χ3v) is 5.57. The van der Waals surface area contributed by atoms with Crippen molar-refractivity contribution in [3.63, 3.8) is 0 Å². The number of hydrogen-bond acceptors (Lipinski definition) is 3. The molecule has 3 rings (SSSR count). The number of carbonyl (C=O) groups excluding carboxylic acids is 1. The molecule has 5 heteroatoms. The van der Waals surface area contributed by atoms with Crippen molar-refractivity contribution in [2.75, 3.05) is 0 Å². The van der Waals surface area contributed by atoms with Crippen molar-refractivity contribution in [1.29, 1.82) is 0 Å². The third-order valence-electron chi connectivity index (χ3n) is 5.34. The summed E-state index contributed by atoms with van der Waals surface area (Å²) in [5, 5.41) is 3.73. The van der Waals surface area contributed by atoms with Gasteiger partial charge in [-0.05, 0) is 61.8 Å².